The molecule has 184 valence electrons. The number of fused-ring (bicyclic) bond motifs is 1. The lowest BCUT2D eigenvalue weighted by Crippen LogP contribution is -2.54. The molecule has 8 nitrogen and oxygen atoms in total. The van der Waals surface area contributed by atoms with Gasteiger partial charge >= 0.3 is 6.09 Å². The average molecular weight is 485 g/mol. The van der Waals surface area contributed by atoms with E-state index in [2.05, 4.69) is 15.6 Å². The van der Waals surface area contributed by atoms with Crippen LogP contribution in [0.4, 0.5) is 4.79 Å². The first-order valence-corrected chi connectivity index (χ1v) is 11.7. The molecule has 2 atom stereocenters. The summed E-state index contributed by atoms with van der Waals surface area (Å²) in [4.78, 5) is 41.2. The van der Waals surface area contributed by atoms with Gasteiger partial charge in [-0.2, -0.15) is 0 Å². The van der Waals surface area contributed by atoms with Crippen LogP contribution in [0.15, 0.2) is 91.1 Å². The third-order valence-corrected chi connectivity index (χ3v) is 5.86. The monoisotopic (exact) mass is 484 g/mol. The van der Waals surface area contributed by atoms with Gasteiger partial charge in [0.1, 0.15) is 18.7 Å². The Morgan fingerprint density at radius 2 is 1.42 bits per heavy atom. The summed E-state index contributed by atoms with van der Waals surface area (Å²) in [7, 11) is 0. The molecule has 0 aliphatic rings. The first-order valence-electron chi connectivity index (χ1n) is 11.7. The van der Waals surface area contributed by atoms with Crippen LogP contribution in [0.5, 0.6) is 0 Å². The Balaban J connectivity index is 1.50. The summed E-state index contributed by atoms with van der Waals surface area (Å²) in [6.45, 7) is 0.0615. The van der Waals surface area contributed by atoms with Gasteiger partial charge in [0.15, 0.2) is 0 Å². The lowest BCUT2D eigenvalue weighted by molar-refractivity contribution is -0.128. The summed E-state index contributed by atoms with van der Waals surface area (Å²) in [6, 6.07) is 24.2. The zero-order valence-electron chi connectivity index (χ0n) is 19.6. The topological polar surface area (TPSA) is 126 Å². The quantitative estimate of drug-likeness (QED) is 0.276. The Labute approximate surface area is 208 Å². The number of aromatic amines is 1. The van der Waals surface area contributed by atoms with Crippen molar-refractivity contribution >= 4 is 28.8 Å². The zero-order valence-corrected chi connectivity index (χ0v) is 19.6. The molecule has 0 saturated heterocycles. The summed E-state index contributed by atoms with van der Waals surface area (Å²) in [6.07, 6.45) is 1.49. The van der Waals surface area contributed by atoms with E-state index in [4.69, 9.17) is 10.5 Å². The number of nitrogens with two attached hydrogens (primary N) is 1. The van der Waals surface area contributed by atoms with Crippen LogP contribution in [-0.4, -0.2) is 35.0 Å². The molecule has 0 fully saturated rings. The summed E-state index contributed by atoms with van der Waals surface area (Å²) < 4.78 is 5.33. The molecular formula is C28H28N4O4. The number of H-pyrrole nitrogens is 1. The third-order valence-electron chi connectivity index (χ3n) is 5.86. The van der Waals surface area contributed by atoms with E-state index >= 15 is 0 Å². The molecule has 0 bridgehead atoms. The maximum absolute atomic E-state index is 13.3. The number of amides is 3. The van der Waals surface area contributed by atoms with E-state index in [1.54, 1.807) is 6.20 Å². The second kappa shape index (κ2) is 11.7. The number of ether oxygens (including phenoxy) is 1. The van der Waals surface area contributed by atoms with Gasteiger partial charge in [-0.05, 0) is 22.8 Å². The van der Waals surface area contributed by atoms with E-state index in [0.29, 0.717) is 0 Å². The van der Waals surface area contributed by atoms with Crippen molar-refractivity contribution in [3.63, 3.8) is 0 Å². The highest BCUT2D eigenvalue weighted by Gasteiger charge is 2.27. The predicted octanol–water partition coefficient (Wildman–Crippen LogP) is 3.22. The van der Waals surface area contributed by atoms with Gasteiger partial charge in [0, 0.05) is 29.9 Å². The van der Waals surface area contributed by atoms with Gasteiger partial charge in [0.25, 0.3) is 0 Å². The normalized spacial score (nSPS) is 12.4. The van der Waals surface area contributed by atoms with Gasteiger partial charge < -0.3 is 26.1 Å². The minimum Gasteiger partial charge on any atom is -0.445 e. The van der Waals surface area contributed by atoms with Gasteiger partial charge in [-0.1, -0.05) is 78.9 Å². The summed E-state index contributed by atoms with van der Waals surface area (Å²) in [5.74, 6) is -1.19. The van der Waals surface area contributed by atoms with Crippen LogP contribution >= 0.6 is 0 Å². The summed E-state index contributed by atoms with van der Waals surface area (Å²) >= 11 is 0. The molecule has 0 spiro atoms. The maximum atomic E-state index is 13.3. The highest BCUT2D eigenvalue weighted by molar-refractivity contribution is 5.92. The van der Waals surface area contributed by atoms with Gasteiger partial charge in [-0.3, -0.25) is 9.59 Å². The maximum Gasteiger partial charge on any atom is 0.408 e. The Bertz CT molecular complexity index is 1320. The van der Waals surface area contributed by atoms with E-state index < -0.39 is 30.0 Å². The molecule has 0 saturated carbocycles. The molecule has 0 unspecified atom stereocenters. The van der Waals surface area contributed by atoms with Gasteiger partial charge in [0.2, 0.25) is 11.8 Å². The average Bonchev–Trinajstić information content (AvgIpc) is 3.30. The number of para-hydroxylation sites is 1. The van der Waals surface area contributed by atoms with Crippen LogP contribution in [0, 0.1) is 0 Å². The first-order chi connectivity index (χ1) is 17.5. The molecule has 0 aliphatic carbocycles. The number of aromatic nitrogens is 1. The SMILES string of the molecule is NC(=O)[C@@H](Cc1ccccc1)NC(=O)[C@@H](Cc1c[nH]c2ccccc12)NC(=O)OCc1ccccc1. The minimum absolute atomic E-state index is 0.0615. The Morgan fingerprint density at radius 1 is 0.778 bits per heavy atom. The molecule has 4 rings (SSSR count). The van der Waals surface area contributed by atoms with Gasteiger partial charge in [-0.25, -0.2) is 4.79 Å². The van der Waals surface area contributed by atoms with Crippen molar-refractivity contribution in [3.05, 3.63) is 108 Å². The second-order valence-electron chi connectivity index (χ2n) is 8.48. The van der Waals surface area contributed by atoms with Crippen LogP contribution in [0.3, 0.4) is 0 Å². The van der Waals surface area contributed by atoms with Crippen molar-refractivity contribution in [2.24, 2.45) is 5.73 Å². The smallest absolute Gasteiger partial charge is 0.408 e. The van der Waals surface area contributed by atoms with E-state index in [1.165, 1.54) is 0 Å². The number of nitrogens with one attached hydrogen (secondary N) is 3. The Hall–Kier alpha value is -4.59. The number of alkyl carbamates (subject to hydrolysis) is 1. The first kappa shape index (κ1) is 24.5. The number of carbonyl (C=O) groups excluding carboxylic acids is 3. The van der Waals surface area contributed by atoms with Crippen molar-refractivity contribution in [1.82, 2.24) is 15.6 Å². The highest BCUT2D eigenvalue weighted by atomic mass is 16.5. The predicted molar refractivity (Wildman–Crippen MR) is 137 cm³/mol. The second-order valence-corrected chi connectivity index (χ2v) is 8.48. The molecule has 4 aromatic rings. The van der Waals surface area contributed by atoms with Crippen molar-refractivity contribution in [2.75, 3.05) is 0 Å². The molecule has 8 heteroatoms. The molecule has 0 radical (unpaired) electrons. The molecule has 0 aliphatic heterocycles. The molecule has 36 heavy (non-hydrogen) atoms. The summed E-state index contributed by atoms with van der Waals surface area (Å²) in [5, 5.41) is 6.31. The van der Waals surface area contributed by atoms with Crippen molar-refractivity contribution < 1.29 is 19.1 Å². The van der Waals surface area contributed by atoms with Crippen LogP contribution in [-0.2, 0) is 33.8 Å². The van der Waals surface area contributed by atoms with Crippen molar-refractivity contribution in [1.29, 1.82) is 0 Å². The zero-order chi connectivity index (χ0) is 25.3. The molecular weight excluding hydrogens is 456 g/mol. The van der Waals surface area contributed by atoms with E-state index in [1.807, 2.05) is 84.9 Å². The number of primary amides is 1. The van der Waals surface area contributed by atoms with E-state index in [-0.39, 0.29) is 19.4 Å². The van der Waals surface area contributed by atoms with Crippen LogP contribution in [0.1, 0.15) is 16.7 Å². The minimum atomic E-state index is -0.995. The standard InChI is InChI=1S/C28H28N4O4/c29-26(33)24(15-19-9-3-1-4-10-19)31-27(34)25(16-21-17-30-23-14-8-7-13-22(21)23)32-28(35)36-18-20-11-5-2-6-12-20/h1-14,17,24-25,30H,15-16,18H2,(H2,29,33)(H,31,34)(H,32,35)/t24-,25-/m1/s1. The molecule has 5 N–H and O–H groups in total. The van der Waals surface area contributed by atoms with Crippen LogP contribution in [0.25, 0.3) is 10.9 Å². The van der Waals surface area contributed by atoms with Gasteiger partial charge in [-0.15, -0.1) is 0 Å². The van der Waals surface area contributed by atoms with Gasteiger partial charge in [0.05, 0.1) is 0 Å². The third kappa shape index (κ3) is 6.50. The Morgan fingerprint density at radius 3 is 2.11 bits per heavy atom. The summed E-state index contributed by atoms with van der Waals surface area (Å²) in [5.41, 5.74) is 9.01. The molecule has 1 aromatic heterocycles. The molecule has 1 heterocycles. The molecule has 3 aromatic carbocycles. The van der Waals surface area contributed by atoms with Crippen LogP contribution in [0.2, 0.25) is 0 Å². The van der Waals surface area contributed by atoms with E-state index in [0.717, 1.165) is 27.6 Å². The number of carbonyl (C=O) groups is 3. The number of benzene rings is 3. The fourth-order valence-electron chi connectivity index (χ4n) is 3.98. The Kier molecular flexibility index (Phi) is 7.97. The van der Waals surface area contributed by atoms with Crippen molar-refractivity contribution in [2.45, 2.75) is 31.5 Å². The van der Waals surface area contributed by atoms with Crippen molar-refractivity contribution in [3.8, 4) is 0 Å². The van der Waals surface area contributed by atoms with E-state index in [9.17, 15) is 14.4 Å². The fraction of sp³-hybridized carbons (Fsp3) is 0.179. The molecule has 3 amide bonds. The highest BCUT2D eigenvalue weighted by Crippen LogP contribution is 2.19. The largest absolute Gasteiger partial charge is 0.445 e. The number of rotatable bonds is 10. The van der Waals surface area contributed by atoms with Crippen LogP contribution < -0.4 is 16.4 Å². The fourth-order valence-corrected chi connectivity index (χ4v) is 3.98. The number of hydrogen-bond acceptors (Lipinski definition) is 4. The lowest BCUT2D eigenvalue weighted by Gasteiger charge is -2.22. The number of hydrogen-bond donors (Lipinski definition) is 4. The lowest BCUT2D eigenvalue weighted by atomic mass is 10.0.